The van der Waals surface area contributed by atoms with Crippen molar-refractivity contribution in [1.82, 2.24) is 0 Å². The topological polar surface area (TPSA) is 26.3 Å². The zero-order valence-corrected chi connectivity index (χ0v) is 9.84. The zero-order valence-electron chi connectivity index (χ0n) is 9.84. The Morgan fingerprint density at radius 2 is 1.79 bits per heavy atom. The second kappa shape index (κ2) is 9.04. The maximum absolute atomic E-state index is 11.2. The summed E-state index contributed by atoms with van der Waals surface area (Å²) in [5.41, 5.74) is 0. The third kappa shape index (κ3) is 8.09. The number of hydrogen-bond acceptors (Lipinski definition) is 2. The summed E-state index contributed by atoms with van der Waals surface area (Å²) in [5.74, 6) is -0.0316. The van der Waals surface area contributed by atoms with Gasteiger partial charge in [0.2, 0.25) is 0 Å². The number of ether oxygens (including phenoxy) is 1. The highest BCUT2D eigenvalue weighted by Crippen LogP contribution is 2.08. The van der Waals surface area contributed by atoms with E-state index in [0.29, 0.717) is 6.42 Å². The van der Waals surface area contributed by atoms with E-state index in [-0.39, 0.29) is 12.1 Å². The van der Waals surface area contributed by atoms with Crippen molar-refractivity contribution < 1.29 is 9.53 Å². The molecule has 0 aromatic rings. The lowest BCUT2D eigenvalue weighted by Crippen LogP contribution is -2.14. The smallest absolute Gasteiger partial charge is 0.306 e. The second-order valence-corrected chi connectivity index (χ2v) is 3.90. The van der Waals surface area contributed by atoms with E-state index in [9.17, 15) is 4.79 Å². The molecule has 0 saturated heterocycles. The molecule has 84 valence electrons. The first-order valence-corrected chi connectivity index (χ1v) is 5.90. The fraction of sp³-hybridized carbons (Fsp3) is 0.917. The SMILES string of the molecule is CCCCCC(C)OC(=O)CCCC. The molecule has 0 bridgehead atoms. The highest BCUT2D eigenvalue weighted by atomic mass is 16.5. The van der Waals surface area contributed by atoms with Gasteiger partial charge in [0.1, 0.15) is 0 Å². The van der Waals surface area contributed by atoms with Crippen molar-refractivity contribution in [2.75, 3.05) is 0 Å². The molecule has 0 rings (SSSR count). The Morgan fingerprint density at radius 3 is 2.36 bits per heavy atom. The summed E-state index contributed by atoms with van der Waals surface area (Å²) in [7, 11) is 0. The van der Waals surface area contributed by atoms with E-state index in [0.717, 1.165) is 19.3 Å². The van der Waals surface area contributed by atoms with Gasteiger partial charge in [0, 0.05) is 6.42 Å². The highest BCUT2D eigenvalue weighted by Gasteiger charge is 2.07. The maximum atomic E-state index is 11.2. The molecule has 0 fully saturated rings. The standard InChI is InChI=1S/C12H24O2/c1-4-6-8-9-11(3)14-12(13)10-7-5-2/h11H,4-10H2,1-3H3. The lowest BCUT2D eigenvalue weighted by Gasteiger charge is -2.12. The molecule has 0 saturated carbocycles. The van der Waals surface area contributed by atoms with Crippen LogP contribution in [0, 0.1) is 0 Å². The van der Waals surface area contributed by atoms with E-state index in [1.807, 2.05) is 6.92 Å². The van der Waals surface area contributed by atoms with E-state index < -0.39 is 0 Å². The molecule has 0 aromatic carbocycles. The Labute approximate surface area is 88.0 Å². The predicted molar refractivity (Wildman–Crippen MR) is 59.2 cm³/mol. The van der Waals surface area contributed by atoms with Gasteiger partial charge in [0.25, 0.3) is 0 Å². The van der Waals surface area contributed by atoms with Gasteiger partial charge in [-0.2, -0.15) is 0 Å². The zero-order chi connectivity index (χ0) is 10.8. The van der Waals surface area contributed by atoms with E-state index in [1.165, 1.54) is 19.3 Å². The fourth-order valence-electron chi connectivity index (χ4n) is 1.35. The minimum Gasteiger partial charge on any atom is -0.463 e. The van der Waals surface area contributed by atoms with E-state index in [4.69, 9.17) is 4.74 Å². The summed E-state index contributed by atoms with van der Waals surface area (Å²) in [6.07, 6.45) is 7.30. The van der Waals surface area contributed by atoms with Crippen molar-refractivity contribution in [1.29, 1.82) is 0 Å². The maximum Gasteiger partial charge on any atom is 0.306 e. The molecule has 0 N–H and O–H groups in total. The van der Waals surface area contributed by atoms with Gasteiger partial charge in [0.15, 0.2) is 0 Å². The molecule has 0 aliphatic heterocycles. The second-order valence-electron chi connectivity index (χ2n) is 3.90. The van der Waals surface area contributed by atoms with Gasteiger partial charge in [-0.25, -0.2) is 0 Å². The Hall–Kier alpha value is -0.530. The summed E-state index contributed by atoms with van der Waals surface area (Å²) in [5, 5.41) is 0. The third-order valence-corrected chi connectivity index (χ3v) is 2.28. The van der Waals surface area contributed by atoms with Gasteiger partial charge in [-0.3, -0.25) is 4.79 Å². The first kappa shape index (κ1) is 13.5. The highest BCUT2D eigenvalue weighted by molar-refractivity contribution is 5.69. The number of hydrogen-bond donors (Lipinski definition) is 0. The van der Waals surface area contributed by atoms with Crippen LogP contribution in [0.1, 0.15) is 65.7 Å². The summed E-state index contributed by atoms with van der Waals surface area (Å²) in [6.45, 7) is 6.25. The molecule has 0 amide bonds. The van der Waals surface area contributed by atoms with Crippen molar-refractivity contribution in [3.05, 3.63) is 0 Å². The average Bonchev–Trinajstić information content (AvgIpc) is 2.15. The lowest BCUT2D eigenvalue weighted by molar-refractivity contribution is -0.148. The Morgan fingerprint density at radius 1 is 1.14 bits per heavy atom. The summed E-state index contributed by atoms with van der Waals surface area (Å²) >= 11 is 0. The lowest BCUT2D eigenvalue weighted by atomic mass is 10.1. The Bertz CT molecular complexity index is 143. The summed E-state index contributed by atoms with van der Waals surface area (Å²) in [6, 6.07) is 0. The normalized spacial score (nSPS) is 12.5. The van der Waals surface area contributed by atoms with E-state index in [1.54, 1.807) is 0 Å². The first-order chi connectivity index (χ1) is 6.70. The van der Waals surface area contributed by atoms with Crippen molar-refractivity contribution in [3.63, 3.8) is 0 Å². The van der Waals surface area contributed by atoms with E-state index >= 15 is 0 Å². The van der Waals surface area contributed by atoms with Crippen LogP contribution in [0.15, 0.2) is 0 Å². The fourth-order valence-corrected chi connectivity index (χ4v) is 1.35. The van der Waals surface area contributed by atoms with Crippen LogP contribution in [0.2, 0.25) is 0 Å². The molecule has 0 aliphatic carbocycles. The van der Waals surface area contributed by atoms with Crippen molar-refractivity contribution in [2.24, 2.45) is 0 Å². The molecular weight excluding hydrogens is 176 g/mol. The minimum absolute atomic E-state index is 0.0316. The number of unbranched alkanes of at least 4 members (excludes halogenated alkanes) is 3. The molecule has 0 aromatic heterocycles. The van der Waals surface area contributed by atoms with Gasteiger partial charge in [-0.1, -0.05) is 33.1 Å². The van der Waals surface area contributed by atoms with Gasteiger partial charge in [-0.05, 0) is 26.2 Å². The van der Waals surface area contributed by atoms with Crippen LogP contribution in [0.4, 0.5) is 0 Å². The van der Waals surface area contributed by atoms with Gasteiger partial charge >= 0.3 is 5.97 Å². The molecule has 0 heterocycles. The predicted octanol–water partition coefficient (Wildman–Crippen LogP) is 3.69. The van der Waals surface area contributed by atoms with Gasteiger partial charge in [0.05, 0.1) is 6.10 Å². The largest absolute Gasteiger partial charge is 0.463 e. The monoisotopic (exact) mass is 200 g/mol. The van der Waals surface area contributed by atoms with Crippen LogP contribution < -0.4 is 0 Å². The Kier molecular flexibility index (Phi) is 8.70. The molecule has 2 heteroatoms. The van der Waals surface area contributed by atoms with Crippen LogP contribution in [0.25, 0.3) is 0 Å². The van der Waals surface area contributed by atoms with Crippen molar-refractivity contribution >= 4 is 5.97 Å². The van der Waals surface area contributed by atoms with Crippen molar-refractivity contribution in [3.8, 4) is 0 Å². The minimum atomic E-state index is -0.0316. The summed E-state index contributed by atoms with van der Waals surface area (Å²) < 4.78 is 5.26. The molecular formula is C12H24O2. The van der Waals surface area contributed by atoms with E-state index in [2.05, 4.69) is 13.8 Å². The van der Waals surface area contributed by atoms with Crippen molar-refractivity contribution in [2.45, 2.75) is 71.8 Å². The number of rotatable bonds is 8. The first-order valence-electron chi connectivity index (χ1n) is 5.90. The summed E-state index contributed by atoms with van der Waals surface area (Å²) in [4.78, 5) is 11.2. The van der Waals surface area contributed by atoms with Crippen LogP contribution in [0.3, 0.4) is 0 Å². The van der Waals surface area contributed by atoms with Crippen LogP contribution in [0.5, 0.6) is 0 Å². The molecule has 2 nitrogen and oxygen atoms in total. The Balaban J connectivity index is 3.40. The van der Waals surface area contributed by atoms with Crippen LogP contribution >= 0.6 is 0 Å². The van der Waals surface area contributed by atoms with Gasteiger partial charge < -0.3 is 4.74 Å². The average molecular weight is 200 g/mol. The van der Waals surface area contributed by atoms with Gasteiger partial charge in [-0.15, -0.1) is 0 Å². The number of esters is 1. The molecule has 1 unspecified atom stereocenters. The number of carbonyl (C=O) groups is 1. The molecule has 14 heavy (non-hydrogen) atoms. The van der Waals surface area contributed by atoms with Crippen LogP contribution in [-0.4, -0.2) is 12.1 Å². The molecule has 0 radical (unpaired) electrons. The quantitative estimate of drug-likeness (QED) is 0.441. The molecule has 0 aliphatic rings. The third-order valence-electron chi connectivity index (χ3n) is 2.28. The molecule has 1 atom stereocenters. The van der Waals surface area contributed by atoms with Crippen LogP contribution in [-0.2, 0) is 9.53 Å². The number of carbonyl (C=O) groups excluding carboxylic acids is 1. The molecule has 0 spiro atoms.